The van der Waals surface area contributed by atoms with Gasteiger partial charge < -0.3 is 4.98 Å². The van der Waals surface area contributed by atoms with Crippen molar-refractivity contribution < 1.29 is 0 Å². The van der Waals surface area contributed by atoms with Crippen LogP contribution >= 0.6 is 0 Å². The molecule has 2 aromatic carbocycles. The van der Waals surface area contributed by atoms with E-state index in [4.69, 9.17) is 0 Å². The van der Waals surface area contributed by atoms with E-state index in [1.54, 1.807) is 0 Å². The average Bonchev–Trinajstić information content (AvgIpc) is 2.81. The first kappa shape index (κ1) is 13.9. The van der Waals surface area contributed by atoms with Crippen molar-refractivity contribution in [2.75, 3.05) is 0 Å². The highest BCUT2D eigenvalue weighted by atomic mass is 14.7. The van der Waals surface area contributed by atoms with Gasteiger partial charge in [0.1, 0.15) is 0 Å². The molecule has 0 saturated carbocycles. The smallest absolute Gasteiger partial charge is 0.0464 e. The number of rotatable bonds is 1. The third-order valence-electron chi connectivity index (χ3n) is 4.30. The van der Waals surface area contributed by atoms with Crippen molar-refractivity contribution in [2.24, 2.45) is 0 Å². The molecule has 1 heteroatoms. The highest BCUT2D eigenvalue weighted by Crippen LogP contribution is 2.28. The molecule has 108 valence electrons. The summed E-state index contributed by atoms with van der Waals surface area (Å²) in [6, 6.07) is 15.6. The zero-order valence-corrected chi connectivity index (χ0v) is 13.5. The van der Waals surface area contributed by atoms with Crippen LogP contribution in [0.5, 0.6) is 0 Å². The Morgan fingerprint density at radius 2 is 1.43 bits per heavy atom. The van der Waals surface area contributed by atoms with Gasteiger partial charge in [0.2, 0.25) is 0 Å². The summed E-state index contributed by atoms with van der Waals surface area (Å²) in [5.41, 5.74) is 7.90. The number of hydrogen-bond donors (Lipinski definition) is 1. The van der Waals surface area contributed by atoms with Crippen molar-refractivity contribution in [1.82, 2.24) is 4.98 Å². The Bertz CT molecular complexity index is 744. The lowest BCUT2D eigenvalue weighted by Gasteiger charge is -2.19. The maximum Gasteiger partial charge on any atom is 0.0464 e. The van der Waals surface area contributed by atoms with E-state index in [-0.39, 0.29) is 5.41 Å². The van der Waals surface area contributed by atoms with Crippen molar-refractivity contribution in [3.05, 3.63) is 59.2 Å². The zero-order valence-electron chi connectivity index (χ0n) is 13.5. The number of hydrogen-bond acceptors (Lipinski definition) is 0. The van der Waals surface area contributed by atoms with Gasteiger partial charge in [-0.05, 0) is 59.7 Å². The summed E-state index contributed by atoms with van der Waals surface area (Å²) < 4.78 is 0. The Balaban J connectivity index is 2.04. The molecule has 0 radical (unpaired) electrons. The molecule has 3 rings (SSSR count). The Morgan fingerprint density at radius 1 is 0.810 bits per heavy atom. The lowest BCUT2D eigenvalue weighted by atomic mass is 9.86. The molecular weight excluding hydrogens is 254 g/mol. The molecule has 0 aliphatic rings. The molecule has 0 unspecified atom stereocenters. The molecule has 0 atom stereocenters. The van der Waals surface area contributed by atoms with Crippen molar-refractivity contribution >= 4 is 10.9 Å². The molecule has 0 amide bonds. The van der Waals surface area contributed by atoms with Crippen molar-refractivity contribution in [3.8, 4) is 11.3 Å². The summed E-state index contributed by atoms with van der Waals surface area (Å²) in [6.45, 7) is 11.1. The molecule has 0 bridgehead atoms. The van der Waals surface area contributed by atoms with Crippen LogP contribution in [0.3, 0.4) is 0 Å². The highest BCUT2D eigenvalue weighted by Gasteiger charge is 2.13. The summed E-state index contributed by atoms with van der Waals surface area (Å²) in [5.74, 6) is 0. The molecule has 0 aliphatic carbocycles. The van der Waals surface area contributed by atoms with Gasteiger partial charge in [-0.1, -0.05) is 45.0 Å². The Morgan fingerprint density at radius 3 is 2.05 bits per heavy atom. The van der Waals surface area contributed by atoms with E-state index in [1.807, 2.05) is 0 Å². The van der Waals surface area contributed by atoms with Gasteiger partial charge in [-0.25, -0.2) is 0 Å². The van der Waals surface area contributed by atoms with Crippen LogP contribution < -0.4 is 0 Å². The van der Waals surface area contributed by atoms with Crippen LogP contribution in [-0.2, 0) is 5.41 Å². The number of aryl methyl sites for hydroxylation is 2. The molecule has 1 N–H and O–H groups in total. The molecule has 0 aliphatic heterocycles. The average molecular weight is 277 g/mol. The summed E-state index contributed by atoms with van der Waals surface area (Å²) in [6.07, 6.45) is 0. The van der Waals surface area contributed by atoms with Gasteiger partial charge in [-0.3, -0.25) is 0 Å². The molecule has 1 heterocycles. The molecule has 0 spiro atoms. The second-order valence-corrected chi connectivity index (χ2v) is 7.03. The van der Waals surface area contributed by atoms with Gasteiger partial charge in [0.15, 0.2) is 0 Å². The quantitative estimate of drug-likeness (QED) is 0.583. The van der Waals surface area contributed by atoms with E-state index in [0.29, 0.717) is 0 Å². The summed E-state index contributed by atoms with van der Waals surface area (Å²) in [4.78, 5) is 3.54. The number of aromatic nitrogens is 1. The fourth-order valence-corrected chi connectivity index (χ4v) is 2.71. The first-order valence-electron chi connectivity index (χ1n) is 7.55. The van der Waals surface area contributed by atoms with E-state index in [9.17, 15) is 0 Å². The van der Waals surface area contributed by atoms with Crippen LogP contribution in [-0.4, -0.2) is 4.98 Å². The van der Waals surface area contributed by atoms with Gasteiger partial charge in [0, 0.05) is 16.6 Å². The number of H-pyrrole nitrogens is 1. The first-order valence-corrected chi connectivity index (χ1v) is 7.55. The van der Waals surface area contributed by atoms with E-state index < -0.39 is 0 Å². The third-order valence-corrected chi connectivity index (χ3v) is 4.30. The SMILES string of the molecule is Cc1cc2cc(-c3ccc(C(C)(C)C)cc3)[nH]c2cc1C. The topological polar surface area (TPSA) is 15.8 Å². The summed E-state index contributed by atoms with van der Waals surface area (Å²) in [7, 11) is 0. The van der Waals surface area contributed by atoms with Crippen LogP contribution in [0.25, 0.3) is 22.2 Å². The number of benzene rings is 2. The first-order chi connectivity index (χ1) is 9.84. The zero-order chi connectivity index (χ0) is 15.2. The third kappa shape index (κ3) is 2.61. The van der Waals surface area contributed by atoms with Crippen LogP contribution in [0.4, 0.5) is 0 Å². The fraction of sp³-hybridized carbons (Fsp3) is 0.300. The Kier molecular flexibility index (Phi) is 3.16. The van der Waals surface area contributed by atoms with Crippen molar-refractivity contribution in [3.63, 3.8) is 0 Å². The summed E-state index contributed by atoms with van der Waals surface area (Å²) in [5, 5.41) is 1.29. The standard InChI is InChI=1S/C20H23N/c1-13-10-16-12-19(21-18(16)11-14(13)2)15-6-8-17(9-7-15)20(3,4)5/h6-12,21H,1-5H3. The van der Waals surface area contributed by atoms with E-state index in [1.165, 1.54) is 38.9 Å². The molecule has 0 fully saturated rings. The largest absolute Gasteiger partial charge is 0.355 e. The highest BCUT2D eigenvalue weighted by molar-refractivity contribution is 5.87. The van der Waals surface area contributed by atoms with Gasteiger partial charge >= 0.3 is 0 Å². The number of nitrogens with one attached hydrogen (secondary N) is 1. The predicted molar refractivity (Wildman–Crippen MR) is 91.9 cm³/mol. The monoisotopic (exact) mass is 277 g/mol. The maximum atomic E-state index is 3.54. The molecule has 1 nitrogen and oxygen atoms in total. The normalized spacial score (nSPS) is 12.0. The van der Waals surface area contributed by atoms with Gasteiger partial charge in [-0.15, -0.1) is 0 Å². The van der Waals surface area contributed by atoms with Crippen molar-refractivity contribution in [2.45, 2.75) is 40.0 Å². The predicted octanol–water partition coefficient (Wildman–Crippen LogP) is 5.75. The van der Waals surface area contributed by atoms with Crippen LogP contribution in [0, 0.1) is 13.8 Å². The van der Waals surface area contributed by atoms with E-state index >= 15 is 0 Å². The lowest BCUT2D eigenvalue weighted by molar-refractivity contribution is 0.590. The second kappa shape index (κ2) is 4.77. The summed E-state index contributed by atoms with van der Waals surface area (Å²) >= 11 is 0. The minimum absolute atomic E-state index is 0.202. The molecule has 3 aromatic rings. The van der Waals surface area contributed by atoms with Crippen molar-refractivity contribution in [1.29, 1.82) is 0 Å². The number of aromatic amines is 1. The maximum absolute atomic E-state index is 3.54. The van der Waals surface area contributed by atoms with Crippen LogP contribution in [0.1, 0.15) is 37.5 Å². The minimum atomic E-state index is 0.202. The molecule has 21 heavy (non-hydrogen) atoms. The fourth-order valence-electron chi connectivity index (χ4n) is 2.71. The Labute approximate surface area is 127 Å². The van der Waals surface area contributed by atoms with E-state index in [2.05, 4.69) is 82.1 Å². The van der Waals surface area contributed by atoms with Crippen LogP contribution in [0.15, 0.2) is 42.5 Å². The van der Waals surface area contributed by atoms with Gasteiger partial charge in [0.05, 0.1) is 0 Å². The minimum Gasteiger partial charge on any atom is -0.355 e. The molecule has 0 saturated heterocycles. The van der Waals surface area contributed by atoms with Gasteiger partial charge in [-0.2, -0.15) is 0 Å². The second-order valence-electron chi connectivity index (χ2n) is 7.03. The molecular formula is C20H23N. The van der Waals surface area contributed by atoms with E-state index in [0.717, 1.165) is 0 Å². The Hall–Kier alpha value is -2.02. The van der Waals surface area contributed by atoms with Crippen LogP contribution in [0.2, 0.25) is 0 Å². The molecule has 1 aromatic heterocycles. The lowest BCUT2D eigenvalue weighted by Crippen LogP contribution is -2.10. The number of fused-ring (bicyclic) bond motifs is 1. The van der Waals surface area contributed by atoms with Gasteiger partial charge in [0.25, 0.3) is 0 Å².